The van der Waals surface area contributed by atoms with E-state index in [2.05, 4.69) is 0 Å². The number of amides is 2. The van der Waals surface area contributed by atoms with Gasteiger partial charge in [0.05, 0.1) is 11.3 Å². The fourth-order valence-electron chi connectivity index (χ4n) is 4.89. The van der Waals surface area contributed by atoms with Crippen molar-refractivity contribution in [1.29, 1.82) is 0 Å². The molecule has 0 saturated carbocycles. The molecule has 2 aromatic rings. The van der Waals surface area contributed by atoms with Crippen LogP contribution in [0.3, 0.4) is 0 Å². The molecule has 4 rings (SSSR count). The average molecular weight is 480 g/mol. The molecule has 1 fully saturated rings. The quantitative estimate of drug-likeness (QED) is 0.374. The van der Waals surface area contributed by atoms with Crippen molar-refractivity contribution in [3.05, 3.63) is 70.5 Å². The van der Waals surface area contributed by atoms with E-state index < -0.39 is 34.7 Å². The van der Waals surface area contributed by atoms with E-state index in [4.69, 9.17) is 0 Å². The maximum Gasteiger partial charge on any atom is 0.296 e. The average Bonchev–Trinajstić information content (AvgIpc) is 3.20. The number of aliphatic hydroxyl groups excluding tert-OH is 1. The monoisotopic (exact) mass is 479 g/mol. The number of halogens is 1. The molecule has 0 radical (unpaired) electrons. The topological polar surface area (TPSA) is 81.2 Å². The van der Waals surface area contributed by atoms with Crippen LogP contribution in [0.1, 0.15) is 36.5 Å². The summed E-state index contributed by atoms with van der Waals surface area (Å²) in [4.78, 5) is 45.8. The van der Waals surface area contributed by atoms with Crippen molar-refractivity contribution in [2.24, 2.45) is 0 Å². The van der Waals surface area contributed by atoms with Gasteiger partial charge in [-0.3, -0.25) is 14.4 Å². The summed E-state index contributed by atoms with van der Waals surface area (Å²) in [5.74, 6) is -3.40. The van der Waals surface area contributed by atoms with Crippen LogP contribution >= 0.6 is 0 Å². The van der Waals surface area contributed by atoms with Gasteiger partial charge in [0.15, 0.2) is 5.54 Å². The van der Waals surface area contributed by atoms with Gasteiger partial charge in [0.25, 0.3) is 17.6 Å². The van der Waals surface area contributed by atoms with E-state index in [9.17, 15) is 23.9 Å². The Morgan fingerprint density at radius 3 is 2.46 bits per heavy atom. The molecule has 2 aromatic carbocycles. The van der Waals surface area contributed by atoms with Crippen LogP contribution in [0, 0.1) is 12.7 Å². The Bertz CT molecular complexity index is 1240. The number of carbonyl (C=O) groups excluding carboxylic acids is 3. The van der Waals surface area contributed by atoms with Crippen LogP contribution in [0.5, 0.6) is 0 Å². The maximum absolute atomic E-state index is 14.4. The van der Waals surface area contributed by atoms with Gasteiger partial charge in [-0.25, -0.2) is 4.39 Å². The van der Waals surface area contributed by atoms with Crippen molar-refractivity contribution >= 4 is 29.0 Å². The predicted molar refractivity (Wildman–Crippen MR) is 131 cm³/mol. The summed E-state index contributed by atoms with van der Waals surface area (Å²) in [6, 6.07) is 11.1. The number of likely N-dealkylation sites (tertiary alicyclic amines) is 1. The standard InChI is InChI=1S/C27H30FN3O4/c1-5-6-13-30-21-10-8-7-9-19(21)27(26(30)35)22(23(32)18-12-11-17(2)20(28)16-18)24(33)25(34)31(27)15-14-29(3)4/h7-12,16,32H,5-6,13-15H2,1-4H3/t27-/m1/s1. The first-order chi connectivity index (χ1) is 16.7. The highest BCUT2D eigenvalue weighted by Gasteiger charge is 2.66. The van der Waals surface area contributed by atoms with Crippen LogP contribution in [0.2, 0.25) is 0 Å². The number of likely N-dealkylation sites (N-methyl/N-ethyl adjacent to an activating group) is 1. The van der Waals surface area contributed by atoms with E-state index in [0.717, 1.165) is 18.9 Å². The number of rotatable bonds is 7. The third-order valence-electron chi connectivity index (χ3n) is 6.76. The molecule has 184 valence electrons. The first-order valence-electron chi connectivity index (χ1n) is 11.8. The number of nitrogens with zero attached hydrogens (tertiary/aromatic N) is 3. The zero-order valence-corrected chi connectivity index (χ0v) is 20.5. The molecule has 1 N–H and O–H groups in total. The molecule has 2 aliphatic rings. The molecule has 2 heterocycles. The molecule has 1 saturated heterocycles. The number of carbonyl (C=O) groups is 3. The van der Waals surface area contributed by atoms with Crippen molar-refractivity contribution < 1.29 is 23.9 Å². The summed E-state index contributed by atoms with van der Waals surface area (Å²) in [5.41, 5.74) is -0.663. The van der Waals surface area contributed by atoms with Crippen molar-refractivity contribution in [3.63, 3.8) is 0 Å². The summed E-state index contributed by atoms with van der Waals surface area (Å²) in [5, 5.41) is 11.4. The van der Waals surface area contributed by atoms with E-state index in [1.54, 1.807) is 36.1 Å². The van der Waals surface area contributed by atoms with Gasteiger partial charge < -0.3 is 19.8 Å². The van der Waals surface area contributed by atoms with E-state index >= 15 is 0 Å². The minimum absolute atomic E-state index is 0.0374. The summed E-state index contributed by atoms with van der Waals surface area (Å²) in [7, 11) is 3.66. The summed E-state index contributed by atoms with van der Waals surface area (Å²) in [6.45, 7) is 4.50. The van der Waals surface area contributed by atoms with Crippen LogP contribution in [-0.4, -0.2) is 66.2 Å². The second-order valence-corrected chi connectivity index (χ2v) is 9.31. The first-order valence-corrected chi connectivity index (χ1v) is 11.8. The van der Waals surface area contributed by atoms with Crippen LogP contribution < -0.4 is 4.90 Å². The molecule has 1 atom stereocenters. The fourth-order valence-corrected chi connectivity index (χ4v) is 4.89. The molecular formula is C27H30FN3O4. The zero-order chi connectivity index (χ0) is 25.5. The number of Topliss-reactive ketones (excluding diaryl/α,β-unsaturated/α-hetero) is 1. The van der Waals surface area contributed by atoms with E-state index in [1.807, 2.05) is 25.9 Å². The van der Waals surface area contributed by atoms with Crippen molar-refractivity contribution in [2.45, 2.75) is 32.2 Å². The van der Waals surface area contributed by atoms with Gasteiger partial charge in [-0.15, -0.1) is 0 Å². The van der Waals surface area contributed by atoms with Crippen molar-refractivity contribution in [3.8, 4) is 0 Å². The Morgan fingerprint density at radius 2 is 1.80 bits per heavy atom. The summed E-state index contributed by atoms with van der Waals surface area (Å²) in [6.07, 6.45) is 1.57. The number of ketones is 1. The third-order valence-corrected chi connectivity index (χ3v) is 6.76. The molecule has 0 aliphatic carbocycles. The first kappa shape index (κ1) is 24.6. The lowest BCUT2D eigenvalue weighted by Crippen LogP contribution is -2.53. The highest BCUT2D eigenvalue weighted by atomic mass is 19.1. The fraction of sp³-hybridized carbons (Fsp3) is 0.370. The summed E-state index contributed by atoms with van der Waals surface area (Å²) < 4.78 is 14.4. The predicted octanol–water partition coefficient (Wildman–Crippen LogP) is 3.42. The molecular weight excluding hydrogens is 449 g/mol. The number of anilines is 1. The molecule has 0 bridgehead atoms. The van der Waals surface area contributed by atoms with Crippen LogP contribution in [0.15, 0.2) is 48.0 Å². The minimum atomic E-state index is -1.82. The van der Waals surface area contributed by atoms with E-state index in [0.29, 0.717) is 29.9 Å². The SMILES string of the molecule is CCCCN1C(=O)[C@]2(C(=C(O)c3ccc(C)c(F)c3)C(=O)C(=O)N2CCN(C)C)c2ccccc21. The lowest BCUT2D eigenvalue weighted by atomic mass is 9.82. The molecule has 2 aliphatic heterocycles. The smallest absolute Gasteiger partial charge is 0.296 e. The minimum Gasteiger partial charge on any atom is -0.507 e. The van der Waals surface area contributed by atoms with Gasteiger partial charge in [0.1, 0.15) is 11.6 Å². The van der Waals surface area contributed by atoms with Gasteiger partial charge in [-0.1, -0.05) is 43.7 Å². The molecule has 2 amide bonds. The molecule has 7 nitrogen and oxygen atoms in total. The highest BCUT2D eigenvalue weighted by Crippen LogP contribution is 2.53. The van der Waals surface area contributed by atoms with Crippen LogP contribution in [-0.2, 0) is 19.9 Å². The lowest BCUT2D eigenvalue weighted by Gasteiger charge is -2.35. The maximum atomic E-state index is 14.4. The largest absolute Gasteiger partial charge is 0.507 e. The molecule has 0 aromatic heterocycles. The van der Waals surface area contributed by atoms with Gasteiger partial charge >= 0.3 is 0 Å². The lowest BCUT2D eigenvalue weighted by molar-refractivity contribution is -0.143. The third kappa shape index (κ3) is 3.72. The molecule has 8 heteroatoms. The number of unbranched alkanes of at least 4 members (excludes halogenated alkanes) is 1. The highest BCUT2D eigenvalue weighted by molar-refractivity contribution is 6.50. The number of benzene rings is 2. The van der Waals surface area contributed by atoms with Crippen molar-refractivity contribution in [2.75, 3.05) is 38.6 Å². The number of para-hydroxylation sites is 1. The Labute approximate surface area is 204 Å². The molecule has 35 heavy (non-hydrogen) atoms. The zero-order valence-electron chi connectivity index (χ0n) is 20.5. The summed E-state index contributed by atoms with van der Waals surface area (Å²) >= 11 is 0. The number of fused-ring (bicyclic) bond motifs is 2. The Hall–Kier alpha value is -3.52. The second-order valence-electron chi connectivity index (χ2n) is 9.31. The number of hydrogen-bond donors (Lipinski definition) is 1. The van der Waals surface area contributed by atoms with Gasteiger partial charge in [0.2, 0.25) is 0 Å². The van der Waals surface area contributed by atoms with Crippen molar-refractivity contribution in [1.82, 2.24) is 9.80 Å². The molecule has 0 unspecified atom stereocenters. The number of aliphatic hydroxyl groups is 1. The van der Waals surface area contributed by atoms with Gasteiger partial charge in [0, 0.05) is 30.8 Å². The Balaban J connectivity index is 2.03. The number of hydrogen-bond acceptors (Lipinski definition) is 5. The van der Waals surface area contributed by atoms with E-state index in [-0.39, 0.29) is 17.7 Å². The Morgan fingerprint density at radius 1 is 1.09 bits per heavy atom. The molecule has 1 spiro atoms. The van der Waals surface area contributed by atoms with Crippen LogP contribution in [0.4, 0.5) is 10.1 Å². The normalized spacial score (nSPS) is 21.0. The Kier molecular flexibility index (Phi) is 6.51. The van der Waals surface area contributed by atoms with Crippen LogP contribution in [0.25, 0.3) is 5.76 Å². The number of aryl methyl sites for hydroxylation is 1. The second kappa shape index (κ2) is 9.26. The van der Waals surface area contributed by atoms with Gasteiger partial charge in [-0.2, -0.15) is 0 Å². The van der Waals surface area contributed by atoms with E-state index in [1.165, 1.54) is 17.0 Å². The van der Waals surface area contributed by atoms with Gasteiger partial charge in [-0.05, 0) is 45.1 Å².